The zero-order valence-corrected chi connectivity index (χ0v) is 43.8. The predicted octanol–water partition coefficient (Wildman–Crippen LogP) is 16.6. The quantitative estimate of drug-likeness (QED) is 0.162. The van der Waals surface area contributed by atoms with Gasteiger partial charge in [0.25, 0.3) is 6.71 Å². The summed E-state index contributed by atoms with van der Waals surface area (Å²) >= 11 is 0. The molecule has 9 aromatic rings. The van der Waals surface area contributed by atoms with Gasteiger partial charge in [-0.15, -0.1) is 0 Å². The highest BCUT2D eigenvalue weighted by Gasteiger charge is 2.45. The molecule has 0 atom stereocenters. The Labute approximate surface area is 428 Å². The fourth-order valence-electron chi connectivity index (χ4n) is 13.4. The molecule has 0 saturated heterocycles. The van der Waals surface area contributed by atoms with Crippen LogP contribution in [-0.2, 0) is 21.7 Å². The largest absolute Gasteiger partial charge is 0.311 e. The van der Waals surface area contributed by atoms with Gasteiger partial charge in [0.2, 0.25) is 0 Å². The zero-order chi connectivity index (χ0) is 49.8. The number of anilines is 6. The lowest BCUT2D eigenvalue weighted by Gasteiger charge is -2.45. The number of aryl methyl sites for hydroxylation is 1. The second kappa shape index (κ2) is 15.3. The second-order valence-corrected chi connectivity index (χ2v) is 24.3. The first kappa shape index (κ1) is 44.6. The van der Waals surface area contributed by atoms with Crippen molar-refractivity contribution in [2.24, 2.45) is 0 Å². The molecule has 0 saturated carbocycles. The topological polar surface area (TPSA) is 6.48 Å². The Balaban J connectivity index is 0.987. The maximum absolute atomic E-state index is 2.58. The monoisotopic (exact) mass is 931 g/mol. The highest BCUT2D eigenvalue weighted by molar-refractivity contribution is 7.00. The normalized spacial score (nSPS) is 15.3. The molecule has 13 rings (SSSR count). The molecule has 4 aliphatic rings. The van der Waals surface area contributed by atoms with Crippen molar-refractivity contribution >= 4 is 57.2 Å². The van der Waals surface area contributed by atoms with Gasteiger partial charge in [-0.25, -0.2) is 0 Å². The van der Waals surface area contributed by atoms with Gasteiger partial charge in [0.15, 0.2) is 0 Å². The first-order valence-corrected chi connectivity index (χ1v) is 26.1. The third-order valence-electron chi connectivity index (χ3n) is 17.0. The van der Waals surface area contributed by atoms with E-state index in [2.05, 4.69) is 268 Å². The Hall–Kier alpha value is -7.36. The zero-order valence-electron chi connectivity index (χ0n) is 43.8. The van der Waals surface area contributed by atoms with E-state index in [1.54, 1.807) is 0 Å². The molecular formula is C69H63BN2. The molecule has 0 amide bonds. The molecule has 0 spiro atoms. The minimum absolute atomic E-state index is 0.0325. The fourth-order valence-corrected chi connectivity index (χ4v) is 13.4. The maximum Gasteiger partial charge on any atom is 0.252 e. The highest BCUT2D eigenvalue weighted by atomic mass is 15.2. The van der Waals surface area contributed by atoms with Crippen molar-refractivity contribution in [2.75, 3.05) is 9.80 Å². The van der Waals surface area contributed by atoms with Gasteiger partial charge in [-0.05, 0) is 166 Å². The Morgan fingerprint density at radius 2 is 0.750 bits per heavy atom. The second-order valence-electron chi connectivity index (χ2n) is 24.3. The van der Waals surface area contributed by atoms with Gasteiger partial charge in [0.05, 0.1) is 0 Å². The Morgan fingerprint density at radius 1 is 0.375 bits per heavy atom. The summed E-state index contributed by atoms with van der Waals surface area (Å²) in [6.07, 6.45) is 0. The van der Waals surface area contributed by atoms with Crippen molar-refractivity contribution in [1.29, 1.82) is 0 Å². The van der Waals surface area contributed by atoms with Crippen molar-refractivity contribution in [1.82, 2.24) is 0 Å². The smallest absolute Gasteiger partial charge is 0.252 e. The fraction of sp³-hybridized carbons (Fsp3) is 0.217. The molecule has 0 radical (unpaired) electrons. The molecule has 2 aliphatic heterocycles. The molecule has 2 heterocycles. The van der Waals surface area contributed by atoms with Gasteiger partial charge in [-0.2, -0.15) is 0 Å². The van der Waals surface area contributed by atoms with Crippen LogP contribution in [0.5, 0.6) is 0 Å². The molecule has 0 aromatic heterocycles. The van der Waals surface area contributed by atoms with E-state index in [0.717, 1.165) is 11.4 Å². The summed E-state index contributed by atoms with van der Waals surface area (Å²) in [5.74, 6) is 0. The summed E-state index contributed by atoms with van der Waals surface area (Å²) in [4.78, 5) is 5.16. The van der Waals surface area contributed by atoms with Crippen molar-refractivity contribution in [3.8, 4) is 44.5 Å². The first-order valence-electron chi connectivity index (χ1n) is 26.1. The summed E-state index contributed by atoms with van der Waals surface area (Å²) in [5, 5.41) is 0. The lowest BCUT2D eigenvalue weighted by atomic mass is 9.33. The molecule has 2 aliphatic carbocycles. The van der Waals surface area contributed by atoms with Crippen LogP contribution in [0, 0.1) is 6.92 Å². The van der Waals surface area contributed by atoms with E-state index in [1.807, 2.05) is 0 Å². The maximum atomic E-state index is 2.58. The standard InChI is InChI=1S/C69H63BN2/c1-42-38-61-65-62(39-42)72(48-34-28-44(29-35-48)50-21-17-23-54-52-19-13-15-25-56(52)69(10,11)64(50)54)60-41-46(67(5,6)7)31-37-58(60)70(65)57-36-30-45(66(2,3)4)40-59(57)71(61)47-32-26-43(27-33-47)49-20-16-22-53-51-18-12-14-24-55(51)68(8,9)63(49)53/h12-41H,1-11H3. The van der Waals surface area contributed by atoms with Crippen LogP contribution >= 0.6 is 0 Å². The van der Waals surface area contributed by atoms with Crippen LogP contribution in [0.4, 0.5) is 34.1 Å². The summed E-state index contributed by atoms with van der Waals surface area (Å²) < 4.78 is 0. The summed E-state index contributed by atoms with van der Waals surface area (Å²) in [7, 11) is 0. The van der Waals surface area contributed by atoms with Crippen LogP contribution < -0.4 is 26.2 Å². The van der Waals surface area contributed by atoms with Crippen LogP contribution in [-0.4, -0.2) is 6.71 Å². The molecule has 72 heavy (non-hydrogen) atoms. The molecule has 0 bridgehead atoms. The van der Waals surface area contributed by atoms with E-state index in [0.29, 0.717) is 0 Å². The van der Waals surface area contributed by atoms with Gasteiger partial charge in [0.1, 0.15) is 0 Å². The van der Waals surface area contributed by atoms with Gasteiger partial charge in [-0.3, -0.25) is 0 Å². The van der Waals surface area contributed by atoms with E-state index in [-0.39, 0.29) is 28.4 Å². The highest BCUT2D eigenvalue weighted by Crippen LogP contribution is 2.54. The third kappa shape index (κ3) is 6.41. The minimum atomic E-state index is -0.104. The van der Waals surface area contributed by atoms with Crippen LogP contribution in [0.15, 0.2) is 182 Å². The molecule has 9 aromatic carbocycles. The van der Waals surface area contributed by atoms with Crippen molar-refractivity contribution in [2.45, 2.75) is 97.8 Å². The molecule has 0 N–H and O–H groups in total. The number of hydrogen-bond donors (Lipinski definition) is 0. The molecule has 0 unspecified atom stereocenters. The molecular weight excluding hydrogens is 868 g/mol. The number of fused-ring (bicyclic) bond motifs is 10. The van der Waals surface area contributed by atoms with Gasteiger partial charge in [0, 0.05) is 45.0 Å². The van der Waals surface area contributed by atoms with Gasteiger partial charge < -0.3 is 9.80 Å². The number of rotatable bonds is 4. The van der Waals surface area contributed by atoms with Crippen molar-refractivity contribution in [3.63, 3.8) is 0 Å². The van der Waals surface area contributed by atoms with Crippen molar-refractivity contribution < 1.29 is 0 Å². The summed E-state index contributed by atoms with van der Waals surface area (Å²) in [6, 6.07) is 70.2. The molecule has 3 heteroatoms. The number of hydrogen-bond acceptors (Lipinski definition) is 2. The molecule has 2 nitrogen and oxygen atoms in total. The van der Waals surface area contributed by atoms with Crippen LogP contribution in [0.3, 0.4) is 0 Å². The van der Waals surface area contributed by atoms with Crippen LogP contribution in [0.2, 0.25) is 0 Å². The average Bonchev–Trinajstić information content (AvgIpc) is 3.75. The SMILES string of the molecule is Cc1cc2c3c(c1)N(c1ccc(-c4cccc5c4C(C)(C)c4ccccc4-5)cc1)c1cc(C(C)(C)C)ccc1B3c1ccc(C(C)(C)C)cc1N2c1ccc(-c2cccc3c2C(C)(C)c2ccccc2-3)cc1. The summed E-state index contributed by atoms with van der Waals surface area (Å²) in [6.45, 7) is 25.9. The first-order chi connectivity index (χ1) is 34.4. The van der Waals surface area contributed by atoms with E-state index in [4.69, 9.17) is 0 Å². The van der Waals surface area contributed by atoms with E-state index in [9.17, 15) is 0 Å². The van der Waals surface area contributed by atoms with Gasteiger partial charge >= 0.3 is 0 Å². The molecule has 0 fully saturated rings. The van der Waals surface area contributed by atoms with E-state index < -0.39 is 0 Å². The Kier molecular flexibility index (Phi) is 9.49. The van der Waals surface area contributed by atoms with Crippen molar-refractivity contribution in [3.05, 3.63) is 221 Å². The number of benzene rings is 9. The Bertz CT molecular complexity index is 3480. The minimum Gasteiger partial charge on any atom is -0.311 e. The average molecular weight is 931 g/mol. The van der Waals surface area contributed by atoms with E-state index in [1.165, 1.54) is 123 Å². The lowest BCUT2D eigenvalue weighted by molar-refractivity contribution is 0.590. The lowest BCUT2D eigenvalue weighted by Crippen LogP contribution is -2.61. The van der Waals surface area contributed by atoms with E-state index >= 15 is 0 Å². The third-order valence-corrected chi connectivity index (χ3v) is 17.0. The number of nitrogens with zero attached hydrogens (tertiary/aromatic N) is 2. The predicted molar refractivity (Wildman–Crippen MR) is 309 cm³/mol. The van der Waals surface area contributed by atoms with Crippen LogP contribution in [0.25, 0.3) is 44.5 Å². The van der Waals surface area contributed by atoms with Gasteiger partial charge in [-0.1, -0.05) is 203 Å². The Morgan fingerprint density at radius 3 is 1.15 bits per heavy atom. The van der Waals surface area contributed by atoms with Crippen LogP contribution in [0.1, 0.15) is 108 Å². The summed E-state index contributed by atoms with van der Waals surface area (Å²) in [5.41, 5.74) is 31.1. The molecule has 352 valence electrons.